The summed E-state index contributed by atoms with van der Waals surface area (Å²) in [5.74, 6) is -5.13. The van der Waals surface area contributed by atoms with Crippen LogP contribution in [0, 0.1) is 11.6 Å². The van der Waals surface area contributed by atoms with E-state index in [0.717, 1.165) is 12.3 Å². The third-order valence-corrected chi connectivity index (χ3v) is 5.55. The number of likely N-dealkylation sites (N-methyl/N-ethyl adjacent to an activating group) is 1. The van der Waals surface area contributed by atoms with E-state index in [1.165, 1.54) is 15.5 Å². The van der Waals surface area contributed by atoms with Gasteiger partial charge in [0.05, 0.1) is 19.2 Å². The molecule has 3 N–H and O–H groups in total. The van der Waals surface area contributed by atoms with Gasteiger partial charge in [0.2, 0.25) is 11.3 Å². The number of amides is 2. The highest BCUT2D eigenvalue weighted by atomic mass is 19.1. The lowest BCUT2D eigenvalue weighted by Gasteiger charge is -2.43. The third-order valence-electron chi connectivity index (χ3n) is 5.55. The number of rotatable bonds is 4. The van der Waals surface area contributed by atoms with Crippen LogP contribution in [0.25, 0.3) is 0 Å². The van der Waals surface area contributed by atoms with Gasteiger partial charge in [0.1, 0.15) is 17.2 Å². The van der Waals surface area contributed by atoms with Gasteiger partial charge in [0.15, 0.2) is 11.4 Å². The number of fused-ring (bicyclic) bond motifs is 2. The van der Waals surface area contributed by atoms with Crippen LogP contribution >= 0.6 is 0 Å². The SMILES string of the molecule is CN[C@@]12Cn3cc(C(=O)NCc4ccc(F)cc4F)c(=O)c(O)c3C(=O)N1[C@@H](C)CO2. The molecule has 2 atom stereocenters. The molecule has 2 aromatic rings. The summed E-state index contributed by atoms with van der Waals surface area (Å²) in [4.78, 5) is 39.6. The van der Waals surface area contributed by atoms with Gasteiger partial charge in [-0.25, -0.2) is 8.78 Å². The Morgan fingerprint density at radius 3 is 2.77 bits per heavy atom. The summed E-state index contributed by atoms with van der Waals surface area (Å²) in [6.45, 7) is 1.75. The molecule has 9 nitrogen and oxygen atoms in total. The quantitative estimate of drug-likeness (QED) is 0.647. The Bertz CT molecular complexity index is 1150. The zero-order valence-electron chi connectivity index (χ0n) is 16.7. The number of nitrogens with zero attached hydrogens (tertiary/aromatic N) is 2. The number of nitrogens with one attached hydrogen (secondary N) is 2. The summed E-state index contributed by atoms with van der Waals surface area (Å²) in [7, 11) is 1.61. The van der Waals surface area contributed by atoms with E-state index in [1.54, 1.807) is 14.0 Å². The summed E-state index contributed by atoms with van der Waals surface area (Å²) in [6.07, 6.45) is 1.16. The fraction of sp³-hybridized carbons (Fsp3) is 0.350. The number of ether oxygens (including phenoxy) is 1. The maximum atomic E-state index is 13.8. The Morgan fingerprint density at radius 2 is 2.10 bits per heavy atom. The van der Waals surface area contributed by atoms with E-state index in [-0.39, 0.29) is 37.0 Å². The molecule has 11 heteroatoms. The lowest BCUT2D eigenvalue weighted by Crippen LogP contribution is -2.64. The molecule has 4 rings (SSSR count). The van der Waals surface area contributed by atoms with Crippen molar-refractivity contribution in [1.82, 2.24) is 20.1 Å². The van der Waals surface area contributed by atoms with E-state index in [9.17, 15) is 28.3 Å². The number of carbonyl (C=O) groups excluding carboxylic acids is 2. The van der Waals surface area contributed by atoms with E-state index in [0.29, 0.717) is 6.07 Å². The average Bonchev–Trinajstić information content (AvgIpc) is 3.07. The fourth-order valence-corrected chi connectivity index (χ4v) is 3.96. The van der Waals surface area contributed by atoms with Gasteiger partial charge < -0.3 is 19.7 Å². The van der Waals surface area contributed by atoms with Crippen molar-refractivity contribution in [3.05, 3.63) is 63.1 Å². The maximum absolute atomic E-state index is 13.8. The molecule has 0 saturated carbocycles. The first-order valence-corrected chi connectivity index (χ1v) is 9.53. The summed E-state index contributed by atoms with van der Waals surface area (Å²) < 4.78 is 33.9. The first-order chi connectivity index (χ1) is 14.7. The molecule has 0 aliphatic carbocycles. The number of hydrogen-bond acceptors (Lipinski definition) is 6. The Labute approximate surface area is 175 Å². The minimum atomic E-state index is -1.18. The van der Waals surface area contributed by atoms with Gasteiger partial charge in [0, 0.05) is 24.4 Å². The molecule has 0 spiro atoms. The van der Waals surface area contributed by atoms with Crippen LogP contribution in [0.15, 0.2) is 29.2 Å². The van der Waals surface area contributed by atoms with Crippen LogP contribution in [0.3, 0.4) is 0 Å². The molecular weight excluding hydrogens is 414 g/mol. The third kappa shape index (κ3) is 3.26. The molecule has 2 amide bonds. The molecule has 2 aliphatic heterocycles. The molecule has 0 unspecified atom stereocenters. The first-order valence-electron chi connectivity index (χ1n) is 9.53. The second-order valence-electron chi connectivity index (χ2n) is 7.48. The molecule has 2 aliphatic rings. The molecule has 1 fully saturated rings. The summed E-state index contributed by atoms with van der Waals surface area (Å²) in [5, 5.41) is 15.8. The topological polar surface area (TPSA) is 113 Å². The first kappa shape index (κ1) is 20.9. The lowest BCUT2D eigenvalue weighted by atomic mass is 10.1. The van der Waals surface area contributed by atoms with E-state index >= 15 is 0 Å². The second-order valence-corrected chi connectivity index (χ2v) is 7.48. The van der Waals surface area contributed by atoms with Crippen LogP contribution in [0.1, 0.15) is 33.3 Å². The van der Waals surface area contributed by atoms with E-state index < -0.39 is 46.0 Å². The van der Waals surface area contributed by atoms with Crippen LogP contribution in [-0.4, -0.2) is 51.9 Å². The van der Waals surface area contributed by atoms with Gasteiger partial charge in [-0.1, -0.05) is 6.07 Å². The van der Waals surface area contributed by atoms with Gasteiger partial charge >= 0.3 is 0 Å². The number of benzene rings is 1. The smallest absolute Gasteiger partial charge is 0.278 e. The standard InChI is InChI=1S/C20H20F2N4O5/c1-10-8-31-20(23-2)9-25-7-13(16(27)17(28)15(25)19(30)26(10)20)18(29)24-6-11-3-4-12(21)5-14(11)22/h3-5,7,10,23,28H,6,8-9H2,1-2H3,(H,24,29)/t10-,20-/m0/s1. The molecular formula is C20H20F2N4O5. The van der Waals surface area contributed by atoms with Gasteiger partial charge in [-0.2, -0.15) is 0 Å². The van der Waals surface area contributed by atoms with Crippen molar-refractivity contribution in [3.8, 4) is 5.75 Å². The van der Waals surface area contributed by atoms with Crippen LogP contribution in [0.5, 0.6) is 5.75 Å². The van der Waals surface area contributed by atoms with Crippen molar-refractivity contribution in [3.63, 3.8) is 0 Å². The molecule has 1 aromatic carbocycles. The largest absolute Gasteiger partial charge is 0.503 e. The normalized spacial score (nSPS) is 22.3. The van der Waals surface area contributed by atoms with Crippen LogP contribution in [0.2, 0.25) is 0 Å². The minimum Gasteiger partial charge on any atom is -0.503 e. The zero-order chi connectivity index (χ0) is 22.5. The predicted octanol–water partition coefficient (Wildman–Crippen LogP) is 0.510. The number of halogens is 2. The Morgan fingerprint density at radius 1 is 1.35 bits per heavy atom. The monoisotopic (exact) mass is 434 g/mol. The van der Waals surface area contributed by atoms with Gasteiger partial charge in [0.25, 0.3) is 11.8 Å². The zero-order valence-corrected chi connectivity index (χ0v) is 16.7. The highest BCUT2D eigenvalue weighted by Crippen LogP contribution is 2.35. The average molecular weight is 434 g/mol. The molecule has 31 heavy (non-hydrogen) atoms. The number of aromatic hydroxyl groups is 1. The van der Waals surface area contributed by atoms with E-state index in [2.05, 4.69) is 10.6 Å². The molecule has 0 bridgehead atoms. The van der Waals surface area contributed by atoms with E-state index in [1.807, 2.05) is 0 Å². The fourth-order valence-electron chi connectivity index (χ4n) is 3.96. The van der Waals surface area contributed by atoms with Crippen LogP contribution < -0.4 is 16.1 Å². The summed E-state index contributed by atoms with van der Waals surface area (Å²) in [6, 6.07) is 2.60. The summed E-state index contributed by atoms with van der Waals surface area (Å²) >= 11 is 0. The molecule has 3 heterocycles. The van der Waals surface area contributed by atoms with Gasteiger partial charge in [-0.15, -0.1) is 0 Å². The number of hydrogen-bond donors (Lipinski definition) is 3. The molecule has 0 radical (unpaired) electrons. The van der Waals surface area contributed by atoms with Crippen molar-refractivity contribution < 1.29 is 28.2 Å². The van der Waals surface area contributed by atoms with Crippen LogP contribution in [0.4, 0.5) is 8.78 Å². The Balaban J connectivity index is 1.67. The van der Waals surface area contributed by atoms with Gasteiger partial charge in [-0.05, 0) is 20.0 Å². The van der Waals surface area contributed by atoms with Crippen LogP contribution in [-0.2, 0) is 17.8 Å². The number of carbonyl (C=O) groups is 2. The second kappa shape index (κ2) is 7.43. The lowest BCUT2D eigenvalue weighted by molar-refractivity contribution is -0.110. The number of pyridine rings is 1. The van der Waals surface area contributed by atoms with Crippen molar-refractivity contribution >= 4 is 11.8 Å². The molecule has 1 aromatic heterocycles. The Kier molecular flexibility index (Phi) is 5.02. The summed E-state index contributed by atoms with van der Waals surface area (Å²) in [5.41, 5.74) is -1.68. The van der Waals surface area contributed by atoms with Crippen molar-refractivity contribution in [2.45, 2.75) is 31.9 Å². The van der Waals surface area contributed by atoms with E-state index in [4.69, 9.17) is 4.74 Å². The molecule has 164 valence electrons. The highest BCUT2D eigenvalue weighted by Gasteiger charge is 2.53. The minimum absolute atomic E-state index is 0.0188. The van der Waals surface area contributed by atoms with Gasteiger partial charge in [-0.3, -0.25) is 24.6 Å². The Hall–Kier alpha value is -3.31. The van der Waals surface area contributed by atoms with Crippen molar-refractivity contribution in [1.29, 1.82) is 0 Å². The number of aromatic nitrogens is 1. The van der Waals surface area contributed by atoms with Crippen molar-refractivity contribution in [2.75, 3.05) is 13.7 Å². The molecule has 1 saturated heterocycles. The highest BCUT2D eigenvalue weighted by molar-refractivity contribution is 5.99. The maximum Gasteiger partial charge on any atom is 0.278 e. The van der Waals surface area contributed by atoms with Crippen molar-refractivity contribution in [2.24, 2.45) is 0 Å². The predicted molar refractivity (Wildman–Crippen MR) is 103 cm³/mol.